The fourth-order valence-electron chi connectivity index (χ4n) is 3.03. The van der Waals surface area contributed by atoms with Crippen molar-refractivity contribution in [3.63, 3.8) is 0 Å². The molecule has 0 aliphatic heterocycles. The zero-order valence-electron chi connectivity index (χ0n) is 12.2. The highest BCUT2D eigenvalue weighted by Gasteiger charge is 2.31. The van der Waals surface area contributed by atoms with E-state index in [0.29, 0.717) is 5.56 Å². The van der Waals surface area contributed by atoms with Gasteiger partial charge in [0.15, 0.2) is 0 Å². The van der Waals surface area contributed by atoms with Crippen molar-refractivity contribution in [2.24, 2.45) is 5.41 Å². The van der Waals surface area contributed by atoms with E-state index in [1.807, 2.05) is 24.3 Å². The molecule has 1 fully saturated rings. The van der Waals surface area contributed by atoms with Gasteiger partial charge in [-0.2, -0.15) is 5.26 Å². The third kappa shape index (κ3) is 3.59. The highest BCUT2D eigenvalue weighted by atomic mass is 16.3. The number of benzene rings is 1. The van der Waals surface area contributed by atoms with Crippen LogP contribution in [0.1, 0.15) is 56.2 Å². The molecule has 0 bridgehead atoms. The van der Waals surface area contributed by atoms with E-state index in [1.54, 1.807) is 0 Å². The summed E-state index contributed by atoms with van der Waals surface area (Å²) in [5.74, 6) is 0. The fourth-order valence-corrected chi connectivity index (χ4v) is 3.03. The van der Waals surface area contributed by atoms with Gasteiger partial charge in [0.05, 0.1) is 11.6 Å². The second-order valence-electron chi connectivity index (χ2n) is 6.06. The third-order valence-corrected chi connectivity index (χ3v) is 4.57. The van der Waals surface area contributed by atoms with Crippen LogP contribution in [-0.4, -0.2) is 18.3 Å². The Bertz CT molecular complexity index is 455. The van der Waals surface area contributed by atoms with Gasteiger partial charge in [0.2, 0.25) is 0 Å². The molecule has 108 valence electrons. The smallest absolute Gasteiger partial charge is 0.0991 e. The lowest BCUT2D eigenvalue weighted by Gasteiger charge is -2.36. The van der Waals surface area contributed by atoms with Crippen LogP contribution in [0.2, 0.25) is 0 Å². The van der Waals surface area contributed by atoms with Crippen molar-refractivity contribution < 1.29 is 5.11 Å². The van der Waals surface area contributed by atoms with Crippen LogP contribution in [0.3, 0.4) is 0 Å². The molecule has 1 unspecified atom stereocenters. The molecule has 1 aromatic rings. The zero-order valence-corrected chi connectivity index (χ0v) is 12.2. The van der Waals surface area contributed by atoms with Gasteiger partial charge in [-0.3, -0.25) is 0 Å². The lowest BCUT2D eigenvalue weighted by Crippen LogP contribution is -2.39. The summed E-state index contributed by atoms with van der Waals surface area (Å²) in [6, 6.07) is 10.1. The Balaban J connectivity index is 1.93. The molecule has 1 aromatic carbocycles. The van der Waals surface area contributed by atoms with Crippen LogP contribution in [0.25, 0.3) is 0 Å². The predicted molar refractivity (Wildman–Crippen MR) is 80.2 cm³/mol. The van der Waals surface area contributed by atoms with E-state index in [9.17, 15) is 5.11 Å². The first-order valence-corrected chi connectivity index (χ1v) is 7.53. The molecule has 0 saturated heterocycles. The van der Waals surface area contributed by atoms with Crippen LogP contribution in [0, 0.1) is 16.7 Å². The first-order chi connectivity index (χ1) is 9.69. The van der Waals surface area contributed by atoms with E-state index in [4.69, 9.17) is 5.26 Å². The summed E-state index contributed by atoms with van der Waals surface area (Å²) in [4.78, 5) is 0. The Morgan fingerprint density at radius 2 is 1.90 bits per heavy atom. The van der Waals surface area contributed by atoms with Crippen LogP contribution in [0.4, 0.5) is 0 Å². The molecular weight excluding hydrogens is 248 g/mol. The van der Waals surface area contributed by atoms with E-state index >= 15 is 0 Å². The second-order valence-corrected chi connectivity index (χ2v) is 6.06. The molecule has 0 aromatic heterocycles. The molecular formula is C17H24N2O. The number of rotatable bonds is 5. The summed E-state index contributed by atoms with van der Waals surface area (Å²) in [7, 11) is 0. The molecule has 3 nitrogen and oxygen atoms in total. The normalized spacial score (nSPS) is 19.2. The Morgan fingerprint density at radius 1 is 1.25 bits per heavy atom. The molecule has 1 atom stereocenters. The van der Waals surface area contributed by atoms with E-state index in [2.05, 4.69) is 18.3 Å². The Kier molecular flexibility index (Phi) is 5.17. The van der Waals surface area contributed by atoms with E-state index < -0.39 is 0 Å². The Labute approximate surface area is 121 Å². The topological polar surface area (TPSA) is 56.0 Å². The molecule has 0 radical (unpaired) electrons. The lowest BCUT2D eigenvalue weighted by atomic mass is 9.74. The molecule has 1 aliphatic carbocycles. The van der Waals surface area contributed by atoms with Gasteiger partial charge in [-0.05, 0) is 37.5 Å². The van der Waals surface area contributed by atoms with Crippen LogP contribution < -0.4 is 5.32 Å². The van der Waals surface area contributed by atoms with Gasteiger partial charge in [0.25, 0.3) is 0 Å². The van der Waals surface area contributed by atoms with Crippen molar-refractivity contribution in [1.82, 2.24) is 5.32 Å². The standard InChI is InChI=1S/C17H24N2O/c1-14(16-7-5-15(11-18)6-8-16)19-12-17(13-20)9-3-2-4-10-17/h5-8,14,19-20H,2-4,9-10,12-13H2,1H3. The number of hydrogen-bond donors (Lipinski definition) is 2. The largest absolute Gasteiger partial charge is 0.396 e. The molecule has 3 heteroatoms. The van der Waals surface area contributed by atoms with Gasteiger partial charge in [-0.25, -0.2) is 0 Å². The molecule has 0 amide bonds. The third-order valence-electron chi connectivity index (χ3n) is 4.57. The summed E-state index contributed by atoms with van der Waals surface area (Å²) < 4.78 is 0. The SMILES string of the molecule is CC(NCC1(CO)CCCCC1)c1ccc(C#N)cc1. The van der Waals surface area contributed by atoms with Gasteiger partial charge in [-0.1, -0.05) is 31.4 Å². The Morgan fingerprint density at radius 3 is 2.45 bits per heavy atom. The molecule has 2 rings (SSSR count). The summed E-state index contributed by atoms with van der Waals surface area (Å²) in [5.41, 5.74) is 1.95. The van der Waals surface area contributed by atoms with Gasteiger partial charge in [0, 0.05) is 24.6 Å². The average Bonchev–Trinajstić information content (AvgIpc) is 2.53. The molecule has 2 N–H and O–H groups in total. The monoisotopic (exact) mass is 272 g/mol. The zero-order chi connectivity index (χ0) is 14.4. The van der Waals surface area contributed by atoms with Gasteiger partial charge < -0.3 is 10.4 Å². The second kappa shape index (κ2) is 6.88. The number of nitriles is 1. The minimum atomic E-state index is 0.0686. The molecule has 0 spiro atoms. The molecule has 1 aliphatic rings. The van der Waals surface area contributed by atoms with E-state index in [1.165, 1.54) is 24.8 Å². The maximum absolute atomic E-state index is 9.72. The first-order valence-electron chi connectivity index (χ1n) is 7.53. The van der Waals surface area contributed by atoms with Gasteiger partial charge in [-0.15, -0.1) is 0 Å². The number of hydrogen-bond acceptors (Lipinski definition) is 3. The number of nitrogens with one attached hydrogen (secondary N) is 1. The first kappa shape index (κ1) is 15.0. The molecule has 20 heavy (non-hydrogen) atoms. The van der Waals surface area contributed by atoms with Crippen LogP contribution in [0.5, 0.6) is 0 Å². The predicted octanol–water partition coefficient (Wildman–Crippen LogP) is 3.15. The highest BCUT2D eigenvalue weighted by Crippen LogP contribution is 2.35. The molecule has 0 heterocycles. The van der Waals surface area contributed by atoms with Gasteiger partial charge >= 0.3 is 0 Å². The van der Waals surface area contributed by atoms with Crippen molar-refractivity contribution in [3.8, 4) is 6.07 Å². The number of nitrogens with zero attached hydrogens (tertiary/aromatic N) is 1. The summed E-state index contributed by atoms with van der Waals surface area (Å²) in [6.07, 6.45) is 6.00. The van der Waals surface area contributed by atoms with Crippen LogP contribution in [-0.2, 0) is 0 Å². The minimum absolute atomic E-state index is 0.0686. The minimum Gasteiger partial charge on any atom is -0.396 e. The maximum atomic E-state index is 9.72. The van der Waals surface area contributed by atoms with E-state index in [-0.39, 0.29) is 18.1 Å². The van der Waals surface area contributed by atoms with Gasteiger partial charge in [0.1, 0.15) is 0 Å². The van der Waals surface area contributed by atoms with Crippen LogP contribution >= 0.6 is 0 Å². The van der Waals surface area contributed by atoms with Crippen molar-refractivity contribution in [3.05, 3.63) is 35.4 Å². The maximum Gasteiger partial charge on any atom is 0.0991 e. The lowest BCUT2D eigenvalue weighted by molar-refractivity contribution is 0.0789. The summed E-state index contributed by atoms with van der Waals surface area (Å²) in [5, 5.41) is 22.1. The van der Waals surface area contributed by atoms with Crippen molar-refractivity contribution in [2.75, 3.05) is 13.2 Å². The van der Waals surface area contributed by atoms with Crippen molar-refractivity contribution in [1.29, 1.82) is 5.26 Å². The molecule has 1 saturated carbocycles. The summed E-state index contributed by atoms with van der Waals surface area (Å²) in [6.45, 7) is 3.28. The quantitative estimate of drug-likeness (QED) is 0.865. The number of aliphatic hydroxyl groups is 1. The summed E-state index contributed by atoms with van der Waals surface area (Å²) >= 11 is 0. The van der Waals surface area contributed by atoms with Crippen molar-refractivity contribution >= 4 is 0 Å². The number of aliphatic hydroxyl groups excluding tert-OH is 1. The Hall–Kier alpha value is -1.37. The van der Waals surface area contributed by atoms with E-state index in [0.717, 1.165) is 19.4 Å². The average molecular weight is 272 g/mol. The van der Waals surface area contributed by atoms with Crippen molar-refractivity contribution in [2.45, 2.75) is 45.1 Å². The fraction of sp³-hybridized carbons (Fsp3) is 0.588. The van der Waals surface area contributed by atoms with Crippen LogP contribution in [0.15, 0.2) is 24.3 Å². The highest BCUT2D eigenvalue weighted by molar-refractivity contribution is 5.32.